The van der Waals surface area contributed by atoms with Crippen LogP contribution in [0.25, 0.3) is 0 Å². The maximum atomic E-state index is 3.27. The lowest BCUT2D eigenvalue weighted by molar-refractivity contribution is -0.0143. The van der Waals surface area contributed by atoms with Crippen LogP contribution in [0.2, 0.25) is 0 Å². The first-order valence-corrected chi connectivity index (χ1v) is 6.65. The lowest BCUT2D eigenvalue weighted by Gasteiger charge is -2.52. The van der Waals surface area contributed by atoms with Crippen LogP contribution in [0.15, 0.2) is 0 Å². The first-order valence-electron chi connectivity index (χ1n) is 6.65. The highest BCUT2D eigenvalue weighted by Gasteiger charge is 2.44. The molecule has 2 rings (SSSR count). The van der Waals surface area contributed by atoms with Crippen molar-refractivity contribution in [2.24, 2.45) is 11.3 Å². The fourth-order valence-electron chi connectivity index (χ4n) is 3.47. The predicted octanol–water partition coefficient (Wildman–Crippen LogP) is 2.35. The molecule has 1 heterocycles. The molecule has 1 saturated carbocycles. The van der Waals surface area contributed by atoms with Gasteiger partial charge in [0.25, 0.3) is 0 Å². The summed E-state index contributed by atoms with van der Waals surface area (Å²) in [5.41, 5.74) is 0.782. The molecule has 1 saturated heterocycles. The highest BCUT2D eigenvalue weighted by atomic mass is 15.1. The molecule has 0 aromatic heterocycles. The van der Waals surface area contributed by atoms with Crippen LogP contribution in [0.5, 0.6) is 0 Å². The van der Waals surface area contributed by atoms with Gasteiger partial charge in [-0.05, 0) is 76.7 Å². The fourth-order valence-corrected chi connectivity index (χ4v) is 3.47. The zero-order valence-corrected chi connectivity index (χ0v) is 10.4. The monoisotopic (exact) mass is 212 g/mol. The summed E-state index contributed by atoms with van der Waals surface area (Å²) < 4.78 is 0. The third-order valence-corrected chi connectivity index (χ3v) is 4.61. The second-order valence-corrected chi connectivity index (χ2v) is 5.60. The second kappa shape index (κ2) is 4.84. The Bertz CT molecular complexity index is 192. The van der Waals surface area contributed by atoms with Crippen molar-refractivity contribution in [3.63, 3.8) is 0 Å². The SMILES string of the molecule is CCN1CCC2(CC1)CC(CCNC)C2.[HH]. The van der Waals surface area contributed by atoms with Gasteiger partial charge in [0.1, 0.15) is 0 Å². The number of hydrogen-bond donors (Lipinski definition) is 1. The minimum absolute atomic E-state index is 0. The highest BCUT2D eigenvalue weighted by Crippen LogP contribution is 2.53. The molecule has 2 fully saturated rings. The average molecular weight is 212 g/mol. The van der Waals surface area contributed by atoms with E-state index in [0.29, 0.717) is 0 Å². The molecule has 0 aromatic carbocycles. The number of nitrogens with zero attached hydrogens (tertiary/aromatic N) is 1. The first-order chi connectivity index (χ1) is 7.28. The van der Waals surface area contributed by atoms with Crippen LogP contribution in [0, 0.1) is 11.3 Å². The minimum Gasteiger partial charge on any atom is -0.320 e. The molecule has 2 aliphatic rings. The molecule has 1 spiro atoms. The van der Waals surface area contributed by atoms with Crippen LogP contribution >= 0.6 is 0 Å². The quantitative estimate of drug-likeness (QED) is 0.769. The molecular formula is C13H28N2. The van der Waals surface area contributed by atoms with E-state index in [9.17, 15) is 0 Å². The lowest BCUT2D eigenvalue weighted by atomic mass is 9.57. The molecule has 1 aliphatic heterocycles. The van der Waals surface area contributed by atoms with Crippen molar-refractivity contribution in [3.8, 4) is 0 Å². The van der Waals surface area contributed by atoms with Gasteiger partial charge in [-0.15, -0.1) is 0 Å². The number of rotatable bonds is 4. The van der Waals surface area contributed by atoms with Crippen LogP contribution in [-0.4, -0.2) is 38.1 Å². The van der Waals surface area contributed by atoms with Crippen molar-refractivity contribution >= 4 is 0 Å². The van der Waals surface area contributed by atoms with Crippen molar-refractivity contribution in [2.45, 2.75) is 39.0 Å². The topological polar surface area (TPSA) is 15.3 Å². The summed E-state index contributed by atoms with van der Waals surface area (Å²) in [7, 11) is 2.06. The Labute approximate surface area is 95.9 Å². The van der Waals surface area contributed by atoms with Gasteiger partial charge in [0.2, 0.25) is 0 Å². The van der Waals surface area contributed by atoms with E-state index in [2.05, 4.69) is 24.2 Å². The Morgan fingerprint density at radius 2 is 2.00 bits per heavy atom. The Balaban J connectivity index is 0.00000128. The molecule has 0 unspecified atom stereocenters. The zero-order chi connectivity index (χ0) is 10.7. The van der Waals surface area contributed by atoms with Crippen molar-refractivity contribution in [2.75, 3.05) is 33.2 Å². The molecule has 15 heavy (non-hydrogen) atoms. The molecule has 1 N–H and O–H groups in total. The molecule has 90 valence electrons. The van der Waals surface area contributed by atoms with Gasteiger partial charge < -0.3 is 10.2 Å². The normalized spacial score (nSPS) is 26.8. The van der Waals surface area contributed by atoms with E-state index in [0.717, 1.165) is 11.3 Å². The summed E-state index contributed by atoms with van der Waals surface area (Å²) in [6, 6.07) is 0. The van der Waals surface area contributed by atoms with Crippen LogP contribution in [0.1, 0.15) is 40.5 Å². The first kappa shape index (κ1) is 11.4. The minimum atomic E-state index is 0. The summed E-state index contributed by atoms with van der Waals surface area (Å²) in [5, 5.41) is 3.27. The highest BCUT2D eigenvalue weighted by molar-refractivity contribution is 4.96. The molecular weight excluding hydrogens is 184 g/mol. The number of likely N-dealkylation sites (tertiary alicyclic amines) is 1. The standard InChI is InChI=1S/C13H26N2.H2/c1-3-15-8-5-13(6-9-15)10-12(11-13)4-7-14-2;/h12,14H,3-11H2,1-2H3;1H. The molecule has 0 atom stereocenters. The summed E-state index contributed by atoms with van der Waals surface area (Å²) >= 11 is 0. The van der Waals surface area contributed by atoms with E-state index in [1.54, 1.807) is 0 Å². The molecule has 2 nitrogen and oxygen atoms in total. The summed E-state index contributed by atoms with van der Waals surface area (Å²) in [4.78, 5) is 2.60. The summed E-state index contributed by atoms with van der Waals surface area (Å²) in [6.07, 6.45) is 7.38. The molecule has 1 aliphatic carbocycles. The van der Waals surface area contributed by atoms with Gasteiger partial charge in [-0.2, -0.15) is 0 Å². The Hall–Kier alpha value is -0.0800. The fraction of sp³-hybridized carbons (Fsp3) is 1.00. The number of hydrogen-bond acceptors (Lipinski definition) is 2. The Morgan fingerprint density at radius 1 is 1.33 bits per heavy atom. The van der Waals surface area contributed by atoms with Crippen molar-refractivity contribution in [1.29, 1.82) is 0 Å². The lowest BCUT2D eigenvalue weighted by Crippen LogP contribution is -2.47. The third kappa shape index (κ3) is 2.54. The van der Waals surface area contributed by atoms with E-state index in [4.69, 9.17) is 0 Å². The largest absolute Gasteiger partial charge is 0.320 e. The van der Waals surface area contributed by atoms with Gasteiger partial charge in [0.15, 0.2) is 0 Å². The van der Waals surface area contributed by atoms with Gasteiger partial charge in [0.05, 0.1) is 0 Å². The van der Waals surface area contributed by atoms with Gasteiger partial charge >= 0.3 is 0 Å². The Kier molecular flexibility index (Phi) is 3.68. The van der Waals surface area contributed by atoms with E-state index in [1.807, 2.05) is 0 Å². The van der Waals surface area contributed by atoms with Crippen molar-refractivity contribution in [3.05, 3.63) is 0 Å². The van der Waals surface area contributed by atoms with Crippen molar-refractivity contribution in [1.82, 2.24) is 10.2 Å². The molecule has 0 radical (unpaired) electrons. The molecule has 2 heteroatoms. The second-order valence-electron chi connectivity index (χ2n) is 5.60. The van der Waals surface area contributed by atoms with E-state index in [1.165, 1.54) is 58.3 Å². The predicted molar refractivity (Wildman–Crippen MR) is 67.2 cm³/mol. The van der Waals surface area contributed by atoms with Gasteiger partial charge in [-0.3, -0.25) is 0 Å². The maximum absolute atomic E-state index is 3.27. The van der Waals surface area contributed by atoms with Crippen LogP contribution < -0.4 is 5.32 Å². The van der Waals surface area contributed by atoms with E-state index in [-0.39, 0.29) is 1.43 Å². The van der Waals surface area contributed by atoms with E-state index < -0.39 is 0 Å². The smallest absolute Gasteiger partial charge is 0 e. The van der Waals surface area contributed by atoms with Gasteiger partial charge in [0, 0.05) is 1.43 Å². The molecule has 0 amide bonds. The zero-order valence-electron chi connectivity index (χ0n) is 10.4. The van der Waals surface area contributed by atoms with E-state index >= 15 is 0 Å². The summed E-state index contributed by atoms with van der Waals surface area (Å²) in [5.74, 6) is 1.03. The Morgan fingerprint density at radius 3 is 2.53 bits per heavy atom. The number of piperidine rings is 1. The van der Waals surface area contributed by atoms with Crippen LogP contribution in [-0.2, 0) is 0 Å². The molecule has 0 aromatic rings. The van der Waals surface area contributed by atoms with Gasteiger partial charge in [-0.25, -0.2) is 0 Å². The number of nitrogens with one attached hydrogen (secondary N) is 1. The van der Waals surface area contributed by atoms with Gasteiger partial charge in [-0.1, -0.05) is 6.92 Å². The summed E-state index contributed by atoms with van der Waals surface area (Å²) in [6.45, 7) is 7.46. The maximum Gasteiger partial charge on any atom is 0 e. The molecule has 0 bridgehead atoms. The third-order valence-electron chi connectivity index (χ3n) is 4.61. The van der Waals surface area contributed by atoms with Crippen molar-refractivity contribution < 1.29 is 1.43 Å². The average Bonchev–Trinajstić information content (AvgIpc) is 2.24. The van der Waals surface area contributed by atoms with Crippen LogP contribution in [0.4, 0.5) is 0 Å². The van der Waals surface area contributed by atoms with Crippen LogP contribution in [0.3, 0.4) is 0 Å².